The minimum absolute atomic E-state index is 0.134. The van der Waals surface area contributed by atoms with Crippen molar-refractivity contribution in [2.75, 3.05) is 0 Å². The van der Waals surface area contributed by atoms with Gasteiger partial charge in [0.05, 0.1) is 4.90 Å². The van der Waals surface area contributed by atoms with Gasteiger partial charge >= 0.3 is 0 Å². The van der Waals surface area contributed by atoms with Crippen LogP contribution in [0.4, 0.5) is 0 Å². The van der Waals surface area contributed by atoms with E-state index < -0.39 is 9.84 Å². The molecule has 2 rings (SSSR count). The molecule has 2 heterocycles. The Hall–Kier alpha value is -1.05. The molecule has 0 saturated carbocycles. The van der Waals surface area contributed by atoms with E-state index in [2.05, 4.69) is 15.2 Å². The Balaban J connectivity index is 2.28. The van der Waals surface area contributed by atoms with Gasteiger partial charge in [-0.05, 0) is 19.1 Å². The molecule has 0 fully saturated rings. The lowest BCUT2D eigenvalue weighted by atomic mass is 10.5. The molecule has 0 aliphatic rings. The topological polar surface area (TPSA) is 72.8 Å². The van der Waals surface area contributed by atoms with Crippen LogP contribution in [0, 0.1) is 6.92 Å². The molecule has 0 aromatic carbocycles. The highest BCUT2D eigenvalue weighted by Crippen LogP contribution is 2.18. The van der Waals surface area contributed by atoms with E-state index in [4.69, 9.17) is 11.6 Å². The van der Waals surface area contributed by atoms with Gasteiger partial charge < -0.3 is 0 Å². The molecular formula is C9H8ClN3O2S2. The molecule has 0 amide bonds. The largest absolute Gasteiger partial charge is 0.243 e. The van der Waals surface area contributed by atoms with E-state index in [-0.39, 0.29) is 15.8 Å². The summed E-state index contributed by atoms with van der Waals surface area (Å²) in [5, 5.41) is 9.03. The van der Waals surface area contributed by atoms with Crippen molar-refractivity contribution in [2.24, 2.45) is 0 Å². The lowest BCUT2D eigenvalue weighted by Crippen LogP contribution is -2.05. The molecule has 8 heteroatoms. The molecule has 90 valence electrons. The van der Waals surface area contributed by atoms with E-state index in [1.165, 1.54) is 29.7 Å². The average molecular weight is 290 g/mol. The summed E-state index contributed by atoms with van der Waals surface area (Å²) in [5.74, 6) is -0.165. The molecule has 0 spiro atoms. The molecule has 0 saturated heterocycles. The average Bonchev–Trinajstić information content (AvgIpc) is 2.63. The summed E-state index contributed by atoms with van der Waals surface area (Å²) in [6.07, 6.45) is 1.24. The van der Waals surface area contributed by atoms with Crippen LogP contribution in [0.15, 0.2) is 23.2 Å². The van der Waals surface area contributed by atoms with Gasteiger partial charge in [0.2, 0.25) is 0 Å². The van der Waals surface area contributed by atoms with Crippen LogP contribution in [0.2, 0.25) is 5.15 Å². The lowest BCUT2D eigenvalue weighted by Gasteiger charge is -2.00. The van der Waals surface area contributed by atoms with Crippen molar-refractivity contribution in [3.63, 3.8) is 0 Å². The molecule has 17 heavy (non-hydrogen) atoms. The van der Waals surface area contributed by atoms with Gasteiger partial charge in [0.1, 0.15) is 20.9 Å². The predicted molar refractivity (Wildman–Crippen MR) is 64.8 cm³/mol. The normalized spacial score (nSPS) is 11.6. The number of nitrogens with zero attached hydrogens (tertiary/aromatic N) is 3. The van der Waals surface area contributed by atoms with Gasteiger partial charge in [0, 0.05) is 6.20 Å². The summed E-state index contributed by atoms with van der Waals surface area (Å²) < 4.78 is 24.0. The van der Waals surface area contributed by atoms with Crippen LogP contribution in [-0.2, 0) is 15.6 Å². The zero-order chi connectivity index (χ0) is 12.5. The van der Waals surface area contributed by atoms with Crippen LogP contribution in [0.5, 0.6) is 0 Å². The van der Waals surface area contributed by atoms with Crippen LogP contribution in [0.1, 0.15) is 10.0 Å². The number of pyridine rings is 1. The van der Waals surface area contributed by atoms with Crippen LogP contribution in [0.25, 0.3) is 0 Å². The molecule has 0 unspecified atom stereocenters. The van der Waals surface area contributed by atoms with Crippen molar-refractivity contribution in [3.8, 4) is 0 Å². The second-order valence-corrected chi connectivity index (χ2v) is 6.93. The van der Waals surface area contributed by atoms with E-state index >= 15 is 0 Å². The van der Waals surface area contributed by atoms with E-state index in [9.17, 15) is 8.42 Å². The van der Waals surface area contributed by atoms with Gasteiger partial charge in [0.15, 0.2) is 9.84 Å². The standard InChI is InChI=1S/C9H8ClN3O2S2/c1-6-12-13-9(16-6)5-17(14,15)7-2-3-8(10)11-4-7/h2-4H,5H2,1H3. The molecule has 0 bridgehead atoms. The van der Waals surface area contributed by atoms with Crippen molar-refractivity contribution < 1.29 is 8.42 Å². The highest BCUT2D eigenvalue weighted by Gasteiger charge is 2.18. The van der Waals surface area contributed by atoms with E-state index in [1.807, 2.05) is 0 Å². The smallest absolute Gasteiger partial charge is 0.186 e. The molecule has 0 aliphatic carbocycles. The predicted octanol–water partition coefficient (Wildman–Crippen LogP) is 1.87. The highest BCUT2D eigenvalue weighted by molar-refractivity contribution is 7.90. The first-order chi connectivity index (χ1) is 7.97. The zero-order valence-corrected chi connectivity index (χ0v) is 11.2. The third-order valence-electron chi connectivity index (χ3n) is 1.94. The number of sulfone groups is 1. The van der Waals surface area contributed by atoms with Gasteiger partial charge in [-0.1, -0.05) is 11.6 Å². The molecule has 0 atom stereocenters. The summed E-state index contributed by atoms with van der Waals surface area (Å²) in [6.45, 7) is 1.78. The fraction of sp³-hybridized carbons (Fsp3) is 0.222. The summed E-state index contributed by atoms with van der Waals surface area (Å²) >= 11 is 6.86. The number of hydrogen-bond acceptors (Lipinski definition) is 6. The molecule has 2 aromatic heterocycles. The molecular weight excluding hydrogens is 282 g/mol. The van der Waals surface area contributed by atoms with Gasteiger partial charge in [-0.25, -0.2) is 13.4 Å². The van der Waals surface area contributed by atoms with E-state index in [1.54, 1.807) is 6.92 Å². The number of hydrogen-bond donors (Lipinski definition) is 0. The third kappa shape index (κ3) is 2.99. The van der Waals surface area contributed by atoms with Crippen molar-refractivity contribution >= 4 is 32.8 Å². The maximum atomic E-state index is 12.0. The van der Waals surface area contributed by atoms with Crippen LogP contribution in [-0.4, -0.2) is 23.6 Å². The maximum absolute atomic E-state index is 12.0. The molecule has 0 aliphatic heterocycles. The minimum Gasteiger partial charge on any atom is -0.243 e. The Morgan fingerprint density at radius 2 is 2.12 bits per heavy atom. The Labute approximate surface area is 107 Å². The second-order valence-electron chi connectivity index (χ2n) is 3.29. The summed E-state index contributed by atoms with van der Waals surface area (Å²) in [6, 6.07) is 2.87. The number of halogens is 1. The van der Waals surface area contributed by atoms with Gasteiger partial charge in [-0.2, -0.15) is 0 Å². The van der Waals surface area contributed by atoms with Crippen molar-refractivity contribution in [1.82, 2.24) is 15.2 Å². The Morgan fingerprint density at radius 1 is 1.35 bits per heavy atom. The highest BCUT2D eigenvalue weighted by atomic mass is 35.5. The minimum atomic E-state index is -3.43. The van der Waals surface area contributed by atoms with Gasteiger partial charge in [0.25, 0.3) is 0 Å². The summed E-state index contributed by atoms with van der Waals surface area (Å²) in [5.41, 5.74) is 0. The van der Waals surface area contributed by atoms with Crippen molar-refractivity contribution in [3.05, 3.63) is 33.5 Å². The fourth-order valence-corrected chi connectivity index (χ4v) is 3.54. The van der Waals surface area contributed by atoms with E-state index in [0.29, 0.717) is 5.01 Å². The Bertz CT molecular complexity index is 622. The molecule has 0 radical (unpaired) electrons. The maximum Gasteiger partial charge on any atom is 0.186 e. The Morgan fingerprint density at radius 3 is 2.65 bits per heavy atom. The zero-order valence-electron chi connectivity index (χ0n) is 8.79. The second kappa shape index (κ2) is 4.67. The van der Waals surface area contributed by atoms with Crippen LogP contribution < -0.4 is 0 Å². The van der Waals surface area contributed by atoms with Crippen LogP contribution >= 0.6 is 22.9 Å². The van der Waals surface area contributed by atoms with Gasteiger partial charge in [-0.15, -0.1) is 21.5 Å². The lowest BCUT2D eigenvalue weighted by molar-refractivity contribution is 0.594. The quantitative estimate of drug-likeness (QED) is 0.807. The van der Waals surface area contributed by atoms with Crippen LogP contribution in [0.3, 0.4) is 0 Å². The van der Waals surface area contributed by atoms with Gasteiger partial charge in [-0.3, -0.25) is 0 Å². The first kappa shape index (κ1) is 12.4. The number of aryl methyl sites for hydroxylation is 1. The third-order valence-corrected chi connectivity index (χ3v) is 4.80. The monoisotopic (exact) mass is 289 g/mol. The Kier molecular flexibility index (Phi) is 3.41. The number of rotatable bonds is 3. The fourth-order valence-electron chi connectivity index (χ4n) is 1.19. The first-order valence-corrected chi connectivity index (χ1v) is 7.45. The van der Waals surface area contributed by atoms with Crippen molar-refractivity contribution in [2.45, 2.75) is 17.6 Å². The first-order valence-electron chi connectivity index (χ1n) is 4.61. The molecule has 2 aromatic rings. The van der Waals surface area contributed by atoms with Crippen molar-refractivity contribution in [1.29, 1.82) is 0 Å². The summed E-state index contributed by atoms with van der Waals surface area (Å²) in [4.78, 5) is 3.88. The van der Waals surface area contributed by atoms with E-state index in [0.717, 1.165) is 5.01 Å². The number of aromatic nitrogens is 3. The SMILES string of the molecule is Cc1nnc(CS(=O)(=O)c2ccc(Cl)nc2)s1. The molecule has 5 nitrogen and oxygen atoms in total. The summed E-state index contributed by atoms with van der Waals surface area (Å²) in [7, 11) is -3.43. The molecule has 0 N–H and O–H groups in total.